The van der Waals surface area contributed by atoms with Crippen molar-refractivity contribution in [1.29, 1.82) is 5.26 Å². The molecule has 3 heterocycles. The molecular formula is C47H38Cl2N4O6. The predicted molar refractivity (Wildman–Crippen MR) is 223 cm³/mol. The minimum Gasteiger partial charge on any atom is -0.489 e. The van der Waals surface area contributed by atoms with E-state index < -0.39 is 18.1 Å². The molecule has 2 aliphatic heterocycles. The molecule has 8 rings (SSSR count). The number of fused-ring (bicyclic) bond motifs is 2. The third-order valence-corrected chi connectivity index (χ3v) is 11.3. The summed E-state index contributed by atoms with van der Waals surface area (Å²) in [7, 11) is 0. The van der Waals surface area contributed by atoms with Crippen molar-refractivity contribution >= 4 is 35.1 Å². The first-order valence-electron chi connectivity index (χ1n) is 19.1. The van der Waals surface area contributed by atoms with Gasteiger partial charge in [-0.2, -0.15) is 5.26 Å². The Morgan fingerprint density at radius 3 is 2.24 bits per heavy atom. The van der Waals surface area contributed by atoms with Crippen LogP contribution in [-0.2, 0) is 42.1 Å². The fourth-order valence-electron chi connectivity index (χ4n) is 7.37. The molecule has 2 N–H and O–H groups in total. The van der Waals surface area contributed by atoms with Gasteiger partial charge in [0.1, 0.15) is 25.0 Å². The van der Waals surface area contributed by atoms with Crippen LogP contribution in [-0.4, -0.2) is 45.6 Å². The minimum atomic E-state index is -1.15. The second kappa shape index (κ2) is 17.6. The van der Waals surface area contributed by atoms with Crippen LogP contribution in [0.2, 0.25) is 10.0 Å². The van der Waals surface area contributed by atoms with Gasteiger partial charge in [-0.1, -0.05) is 77.8 Å². The van der Waals surface area contributed by atoms with Crippen molar-refractivity contribution in [1.82, 2.24) is 15.2 Å². The van der Waals surface area contributed by atoms with Gasteiger partial charge in [-0.15, -0.1) is 0 Å². The van der Waals surface area contributed by atoms with E-state index in [1.54, 1.807) is 36.7 Å². The third-order valence-electron chi connectivity index (χ3n) is 10.6. The van der Waals surface area contributed by atoms with Crippen LogP contribution >= 0.6 is 23.2 Å². The molecular weight excluding hydrogens is 787 g/mol. The summed E-state index contributed by atoms with van der Waals surface area (Å²) in [5.74, 6) is 0.416. The first-order valence-corrected chi connectivity index (χ1v) is 19.8. The topological polar surface area (TPSA) is 134 Å². The lowest BCUT2D eigenvalue weighted by molar-refractivity contribution is -0.142. The molecule has 1 amide bonds. The number of nitriles is 1. The van der Waals surface area contributed by atoms with E-state index in [0.29, 0.717) is 65.6 Å². The predicted octanol–water partition coefficient (Wildman–Crippen LogP) is 8.76. The smallest absolute Gasteiger partial charge is 0.326 e. The average Bonchev–Trinajstić information content (AvgIpc) is 3.26. The number of benzene rings is 5. The molecule has 10 nitrogen and oxygen atoms in total. The second-order valence-electron chi connectivity index (χ2n) is 14.6. The van der Waals surface area contributed by atoms with Crippen molar-refractivity contribution in [3.05, 3.63) is 177 Å². The Morgan fingerprint density at radius 1 is 0.847 bits per heavy atom. The van der Waals surface area contributed by atoms with Crippen LogP contribution in [0.25, 0.3) is 11.1 Å². The highest BCUT2D eigenvalue weighted by Crippen LogP contribution is 2.41. The second-order valence-corrected chi connectivity index (χ2v) is 15.4. The average molecular weight is 826 g/mol. The number of pyridine rings is 1. The highest BCUT2D eigenvalue weighted by Gasteiger charge is 2.36. The van der Waals surface area contributed by atoms with E-state index in [-0.39, 0.29) is 18.4 Å². The quantitative estimate of drug-likeness (QED) is 0.124. The molecule has 59 heavy (non-hydrogen) atoms. The standard InChI is InChI=1S/C47H38Cl2N4O6/c48-39-14-5-32(19-40(39)49)27-57-38-12-10-35(11-13-38)45-28-58-43-22-36-21-42(53(25-31-15-17-51-18-16-31)26-37(36)23-44(43)59-45)46(54)52-41(47(55)56)20-29-1-6-33(7-2-29)34-8-3-30(24-50)4-9-34/h1-19,22-23,41-42,45H,20-21,25-28H2,(H,52,54)(H,55,56)/t41?,42-,45+/m0/s1. The fourth-order valence-corrected chi connectivity index (χ4v) is 7.69. The van der Waals surface area contributed by atoms with Crippen molar-refractivity contribution in [2.75, 3.05) is 6.61 Å². The van der Waals surface area contributed by atoms with Crippen LogP contribution in [0.4, 0.5) is 0 Å². The Balaban J connectivity index is 0.955. The van der Waals surface area contributed by atoms with Gasteiger partial charge in [0.15, 0.2) is 17.6 Å². The summed E-state index contributed by atoms with van der Waals surface area (Å²) >= 11 is 12.2. The van der Waals surface area contributed by atoms with E-state index in [2.05, 4.69) is 21.3 Å². The van der Waals surface area contributed by atoms with Crippen LogP contribution < -0.4 is 19.5 Å². The molecule has 0 spiro atoms. The SMILES string of the molecule is N#Cc1ccc(-c2ccc(CC(NC(=O)[C@@H]3Cc4cc5c(cc4CN3Cc3ccncc3)O[C@@H](c3ccc(OCc4ccc(Cl)c(Cl)c4)cc3)CO5)C(=O)O)cc2)cc1. The van der Waals surface area contributed by atoms with Crippen LogP contribution in [0.15, 0.2) is 128 Å². The maximum atomic E-state index is 14.1. The number of carboxylic acid groups (broad SMARTS) is 1. The van der Waals surface area contributed by atoms with Crippen molar-refractivity contribution in [2.24, 2.45) is 0 Å². The number of carbonyl (C=O) groups is 2. The zero-order valence-electron chi connectivity index (χ0n) is 31.7. The van der Waals surface area contributed by atoms with Gasteiger partial charge in [0.05, 0.1) is 27.7 Å². The molecule has 0 fully saturated rings. The highest BCUT2D eigenvalue weighted by atomic mass is 35.5. The number of aromatic nitrogens is 1. The molecule has 0 bridgehead atoms. The first-order chi connectivity index (χ1) is 28.7. The lowest BCUT2D eigenvalue weighted by Gasteiger charge is -2.37. The van der Waals surface area contributed by atoms with E-state index >= 15 is 0 Å². The zero-order chi connectivity index (χ0) is 40.9. The summed E-state index contributed by atoms with van der Waals surface area (Å²) in [5.41, 5.74) is 7.96. The van der Waals surface area contributed by atoms with E-state index in [1.165, 1.54) is 0 Å². The van der Waals surface area contributed by atoms with Gasteiger partial charge >= 0.3 is 5.97 Å². The molecule has 1 aromatic heterocycles. The monoisotopic (exact) mass is 824 g/mol. The van der Waals surface area contributed by atoms with E-state index in [9.17, 15) is 14.7 Å². The Morgan fingerprint density at radius 2 is 1.54 bits per heavy atom. The van der Waals surface area contributed by atoms with Crippen molar-refractivity contribution < 1.29 is 28.9 Å². The molecule has 5 aromatic carbocycles. The van der Waals surface area contributed by atoms with Crippen LogP contribution in [0.1, 0.15) is 45.0 Å². The number of carboxylic acids is 1. The molecule has 1 unspecified atom stereocenters. The van der Waals surface area contributed by atoms with Crippen molar-refractivity contribution in [2.45, 2.75) is 50.7 Å². The van der Waals surface area contributed by atoms with E-state index in [1.807, 2.05) is 91.0 Å². The Bertz CT molecular complexity index is 2510. The van der Waals surface area contributed by atoms with Crippen molar-refractivity contribution in [3.63, 3.8) is 0 Å². The Labute approximate surface area is 351 Å². The van der Waals surface area contributed by atoms with Gasteiger partial charge in [-0.05, 0) is 112 Å². The van der Waals surface area contributed by atoms with Gasteiger partial charge in [0, 0.05) is 31.9 Å². The van der Waals surface area contributed by atoms with Gasteiger partial charge < -0.3 is 24.6 Å². The molecule has 0 saturated carbocycles. The van der Waals surface area contributed by atoms with Crippen LogP contribution in [0, 0.1) is 11.3 Å². The van der Waals surface area contributed by atoms with E-state index in [0.717, 1.165) is 44.5 Å². The summed E-state index contributed by atoms with van der Waals surface area (Å²) in [6, 6.07) is 36.0. The van der Waals surface area contributed by atoms with Gasteiger partial charge in [-0.3, -0.25) is 14.7 Å². The Hall–Kier alpha value is -6.38. The summed E-state index contributed by atoms with van der Waals surface area (Å²) < 4.78 is 18.7. The molecule has 0 aliphatic carbocycles. The largest absolute Gasteiger partial charge is 0.489 e. The van der Waals surface area contributed by atoms with Gasteiger partial charge in [-0.25, -0.2) is 4.79 Å². The number of halogens is 2. The number of nitrogens with zero attached hydrogens (tertiary/aromatic N) is 3. The number of hydrogen-bond donors (Lipinski definition) is 2. The third kappa shape index (κ3) is 9.35. The lowest BCUT2D eigenvalue weighted by Crippen LogP contribution is -2.54. The molecule has 0 saturated heterocycles. The van der Waals surface area contributed by atoms with Gasteiger partial charge in [0.25, 0.3) is 0 Å². The normalized spacial score (nSPS) is 16.3. The summed E-state index contributed by atoms with van der Waals surface area (Å²) in [4.78, 5) is 32.9. The Kier molecular flexibility index (Phi) is 11.8. The van der Waals surface area contributed by atoms with Gasteiger partial charge in [0.2, 0.25) is 5.91 Å². The number of amides is 1. The summed E-state index contributed by atoms with van der Waals surface area (Å²) in [6.45, 7) is 1.51. The number of rotatable bonds is 12. The molecule has 6 aromatic rings. The number of ether oxygens (including phenoxy) is 3. The number of nitrogens with one attached hydrogen (secondary N) is 1. The first kappa shape index (κ1) is 39.4. The van der Waals surface area contributed by atoms with E-state index in [4.69, 9.17) is 42.7 Å². The maximum absolute atomic E-state index is 14.1. The van der Waals surface area contributed by atoms with Crippen molar-refractivity contribution in [3.8, 4) is 34.4 Å². The van der Waals surface area contributed by atoms with Crippen LogP contribution in [0.5, 0.6) is 17.2 Å². The fraction of sp³-hybridized carbons (Fsp3) is 0.191. The number of hydrogen-bond acceptors (Lipinski definition) is 8. The minimum absolute atomic E-state index is 0.108. The number of carbonyl (C=O) groups excluding carboxylic acids is 1. The molecule has 296 valence electrons. The lowest BCUT2D eigenvalue weighted by atomic mass is 9.91. The molecule has 0 radical (unpaired) electrons. The van der Waals surface area contributed by atoms with Crippen LogP contribution in [0.3, 0.4) is 0 Å². The summed E-state index contributed by atoms with van der Waals surface area (Å²) in [5, 5.41) is 23.2. The zero-order valence-corrected chi connectivity index (χ0v) is 33.2. The summed E-state index contributed by atoms with van der Waals surface area (Å²) in [6.07, 6.45) is 3.54. The molecule has 2 aliphatic rings. The highest BCUT2D eigenvalue weighted by molar-refractivity contribution is 6.42. The maximum Gasteiger partial charge on any atom is 0.326 e. The molecule has 3 atom stereocenters. The number of aliphatic carboxylic acids is 1. The molecule has 12 heteroatoms.